The lowest BCUT2D eigenvalue weighted by molar-refractivity contribution is -0.143. The second-order valence-electron chi connectivity index (χ2n) is 6.17. The summed E-state index contributed by atoms with van der Waals surface area (Å²) in [5.41, 5.74) is 1.88. The summed E-state index contributed by atoms with van der Waals surface area (Å²) in [4.78, 5) is 29.5. The van der Waals surface area contributed by atoms with E-state index in [1.54, 1.807) is 26.0 Å². The number of allylic oxidation sites excluding steroid dienone is 1. The van der Waals surface area contributed by atoms with Crippen molar-refractivity contribution in [3.63, 3.8) is 0 Å². The van der Waals surface area contributed by atoms with Crippen molar-refractivity contribution in [1.82, 2.24) is 0 Å². The molecule has 27 heavy (non-hydrogen) atoms. The van der Waals surface area contributed by atoms with Crippen LogP contribution in [0.25, 0.3) is 0 Å². The first kappa shape index (κ1) is 18.8. The lowest BCUT2D eigenvalue weighted by Gasteiger charge is -2.31. The number of benzene rings is 1. The zero-order valence-electron chi connectivity index (χ0n) is 15.8. The molecular formula is C19H21NO7. The van der Waals surface area contributed by atoms with Gasteiger partial charge < -0.3 is 23.7 Å². The fraction of sp³-hybridized carbons (Fsp3) is 0.421. The smallest absolute Gasteiger partial charge is 0.336 e. The van der Waals surface area contributed by atoms with E-state index in [0.717, 1.165) is 0 Å². The largest absolute Gasteiger partial charge is 0.496 e. The van der Waals surface area contributed by atoms with Gasteiger partial charge in [0.2, 0.25) is 6.79 Å². The van der Waals surface area contributed by atoms with Crippen LogP contribution in [-0.2, 0) is 19.1 Å². The van der Waals surface area contributed by atoms with Crippen LogP contribution in [0.5, 0.6) is 17.2 Å². The van der Waals surface area contributed by atoms with Gasteiger partial charge in [0.15, 0.2) is 11.5 Å². The second kappa shape index (κ2) is 7.30. The highest BCUT2D eigenvalue weighted by Gasteiger charge is 2.44. The number of rotatable bonds is 4. The maximum atomic E-state index is 12.6. The molecule has 0 saturated heterocycles. The summed E-state index contributed by atoms with van der Waals surface area (Å²) in [5, 5.41) is 0. The summed E-state index contributed by atoms with van der Waals surface area (Å²) in [6.45, 7) is 3.52. The third kappa shape index (κ3) is 3.11. The molecule has 2 unspecified atom stereocenters. The van der Waals surface area contributed by atoms with Gasteiger partial charge in [-0.15, -0.1) is 0 Å². The van der Waals surface area contributed by atoms with Crippen LogP contribution in [0, 0.1) is 5.92 Å². The zero-order chi connectivity index (χ0) is 19.7. The topological polar surface area (TPSA) is 92.7 Å². The van der Waals surface area contributed by atoms with E-state index in [9.17, 15) is 9.59 Å². The number of carbonyl (C=O) groups excluding carboxylic acids is 2. The maximum absolute atomic E-state index is 12.6. The highest BCUT2D eigenvalue weighted by molar-refractivity contribution is 6.07. The Morgan fingerprint density at radius 2 is 1.74 bits per heavy atom. The average Bonchev–Trinajstić information content (AvgIpc) is 3.12. The minimum atomic E-state index is -0.804. The molecule has 1 aromatic rings. The normalized spacial score (nSPS) is 20.9. The Bertz CT molecular complexity index is 856. The van der Waals surface area contributed by atoms with E-state index in [1.165, 1.54) is 21.3 Å². The number of methoxy groups -OCH3 is 3. The van der Waals surface area contributed by atoms with Crippen molar-refractivity contribution in [2.75, 3.05) is 28.1 Å². The van der Waals surface area contributed by atoms with Gasteiger partial charge in [0.1, 0.15) is 11.7 Å². The molecule has 0 aromatic heterocycles. The molecule has 8 nitrogen and oxygen atoms in total. The monoisotopic (exact) mass is 375 g/mol. The third-order valence-electron chi connectivity index (χ3n) is 4.75. The Labute approximate surface area is 156 Å². The van der Waals surface area contributed by atoms with Crippen LogP contribution in [0.4, 0.5) is 0 Å². The van der Waals surface area contributed by atoms with Crippen LogP contribution in [-0.4, -0.2) is 45.8 Å². The lowest BCUT2D eigenvalue weighted by Crippen LogP contribution is -2.36. The molecule has 8 heteroatoms. The predicted molar refractivity (Wildman–Crippen MR) is 95.2 cm³/mol. The van der Waals surface area contributed by atoms with Crippen LogP contribution < -0.4 is 14.2 Å². The molecule has 2 heterocycles. The van der Waals surface area contributed by atoms with Crippen molar-refractivity contribution < 1.29 is 33.3 Å². The molecule has 144 valence electrons. The fourth-order valence-electron chi connectivity index (χ4n) is 3.54. The van der Waals surface area contributed by atoms with E-state index in [4.69, 9.17) is 23.7 Å². The lowest BCUT2D eigenvalue weighted by atomic mass is 9.75. The Hall–Kier alpha value is -3.03. The Morgan fingerprint density at radius 3 is 2.33 bits per heavy atom. The second-order valence-corrected chi connectivity index (χ2v) is 6.17. The van der Waals surface area contributed by atoms with Gasteiger partial charge in [-0.3, -0.25) is 9.79 Å². The standard InChI is InChI=1S/C19H21NO7/c1-9-15(18(21)24-4)17(16(10(2)20-9)19(22)25-5)11-6-13-14(27-8-26-13)7-12(11)23-3/h6-7,15,17H,8H2,1-5H3. The van der Waals surface area contributed by atoms with Crippen LogP contribution in [0.3, 0.4) is 0 Å². The molecule has 2 aliphatic rings. The summed E-state index contributed by atoms with van der Waals surface area (Å²) in [6, 6.07) is 3.40. The minimum Gasteiger partial charge on any atom is -0.496 e. The van der Waals surface area contributed by atoms with E-state index in [2.05, 4.69) is 4.99 Å². The summed E-state index contributed by atoms with van der Waals surface area (Å²) in [6.07, 6.45) is 0. The van der Waals surface area contributed by atoms with Crippen molar-refractivity contribution in [3.8, 4) is 17.2 Å². The van der Waals surface area contributed by atoms with Gasteiger partial charge >= 0.3 is 11.9 Å². The van der Waals surface area contributed by atoms with E-state index in [1.807, 2.05) is 0 Å². The summed E-state index contributed by atoms with van der Waals surface area (Å²) < 4.78 is 26.3. The molecule has 0 N–H and O–H groups in total. The Kier molecular flexibility index (Phi) is 5.07. The SMILES string of the molecule is COC(=O)C1=C(C)N=C(C)C(C(=O)OC)C1c1cc2c(cc1OC)OCO2. The van der Waals surface area contributed by atoms with E-state index >= 15 is 0 Å². The van der Waals surface area contributed by atoms with Gasteiger partial charge in [0.05, 0.1) is 26.9 Å². The number of nitrogens with zero attached hydrogens (tertiary/aromatic N) is 1. The zero-order valence-corrected chi connectivity index (χ0v) is 15.8. The predicted octanol–water partition coefficient (Wildman–Crippen LogP) is 2.22. The molecule has 0 aliphatic carbocycles. The van der Waals surface area contributed by atoms with Gasteiger partial charge in [0, 0.05) is 29.0 Å². The first-order valence-electron chi connectivity index (χ1n) is 8.32. The van der Waals surface area contributed by atoms with Crippen molar-refractivity contribution in [1.29, 1.82) is 0 Å². The number of fused-ring (bicyclic) bond motifs is 1. The number of hydrogen-bond acceptors (Lipinski definition) is 8. The molecule has 2 aliphatic heterocycles. The van der Waals surface area contributed by atoms with Crippen LogP contribution in [0.15, 0.2) is 28.4 Å². The number of esters is 2. The van der Waals surface area contributed by atoms with Crippen molar-refractivity contribution in [2.45, 2.75) is 19.8 Å². The van der Waals surface area contributed by atoms with Crippen LogP contribution in [0.2, 0.25) is 0 Å². The molecular weight excluding hydrogens is 354 g/mol. The van der Waals surface area contributed by atoms with Gasteiger partial charge in [-0.1, -0.05) is 0 Å². The van der Waals surface area contributed by atoms with Gasteiger partial charge in [0.25, 0.3) is 0 Å². The number of ether oxygens (including phenoxy) is 5. The van der Waals surface area contributed by atoms with Gasteiger partial charge in [-0.05, 0) is 19.9 Å². The number of aliphatic imine (C=N–C) groups is 1. The van der Waals surface area contributed by atoms with Crippen molar-refractivity contribution in [2.24, 2.45) is 10.9 Å². The van der Waals surface area contributed by atoms with Crippen LogP contribution in [0.1, 0.15) is 25.3 Å². The molecule has 2 atom stereocenters. The quantitative estimate of drug-likeness (QED) is 0.745. The van der Waals surface area contributed by atoms with Gasteiger partial charge in [-0.25, -0.2) is 4.79 Å². The average molecular weight is 375 g/mol. The molecule has 0 spiro atoms. The summed E-state index contributed by atoms with van der Waals surface area (Å²) in [5.74, 6) is -1.07. The number of hydrogen-bond donors (Lipinski definition) is 0. The molecule has 0 radical (unpaired) electrons. The molecule has 1 aromatic carbocycles. The van der Waals surface area contributed by atoms with E-state index in [0.29, 0.717) is 34.2 Å². The molecule has 3 rings (SSSR count). The third-order valence-corrected chi connectivity index (χ3v) is 4.75. The highest BCUT2D eigenvalue weighted by Crippen LogP contribution is 2.47. The molecule has 0 saturated carbocycles. The van der Waals surface area contributed by atoms with Crippen LogP contribution >= 0.6 is 0 Å². The molecule has 0 fully saturated rings. The highest BCUT2D eigenvalue weighted by atomic mass is 16.7. The van der Waals surface area contributed by atoms with Crippen molar-refractivity contribution in [3.05, 3.63) is 29.0 Å². The first-order chi connectivity index (χ1) is 12.9. The Balaban J connectivity index is 2.26. The fourth-order valence-corrected chi connectivity index (χ4v) is 3.54. The maximum Gasteiger partial charge on any atom is 0.336 e. The van der Waals surface area contributed by atoms with E-state index < -0.39 is 23.8 Å². The first-order valence-corrected chi connectivity index (χ1v) is 8.32. The number of carbonyl (C=O) groups is 2. The Morgan fingerprint density at radius 1 is 1.07 bits per heavy atom. The molecule has 0 amide bonds. The minimum absolute atomic E-state index is 0.0895. The van der Waals surface area contributed by atoms with E-state index in [-0.39, 0.29) is 12.4 Å². The summed E-state index contributed by atoms with van der Waals surface area (Å²) in [7, 11) is 4.09. The van der Waals surface area contributed by atoms with Gasteiger partial charge in [-0.2, -0.15) is 0 Å². The molecule has 0 bridgehead atoms. The summed E-state index contributed by atoms with van der Waals surface area (Å²) >= 11 is 0. The van der Waals surface area contributed by atoms with Crippen molar-refractivity contribution >= 4 is 17.7 Å².